The maximum Gasteiger partial charge on any atom is 0.251 e. The molecule has 5 nitrogen and oxygen atoms in total. The van der Waals surface area contributed by atoms with Gasteiger partial charge in [-0.05, 0) is 25.5 Å². The van der Waals surface area contributed by atoms with E-state index >= 15 is 0 Å². The van der Waals surface area contributed by atoms with Crippen molar-refractivity contribution in [3.8, 4) is 0 Å². The van der Waals surface area contributed by atoms with E-state index in [4.69, 9.17) is 4.74 Å². The topological polar surface area (TPSA) is 67.4 Å². The summed E-state index contributed by atoms with van der Waals surface area (Å²) in [5, 5.41) is 5.23. The fourth-order valence-corrected chi connectivity index (χ4v) is 1.68. The molecular formula is C14H20N2O3. The number of methoxy groups -OCH3 is 1. The van der Waals surface area contributed by atoms with Gasteiger partial charge in [0.1, 0.15) is 0 Å². The SMILES string of the molecule is COCCNC(=O)CNC(=O)c1ccc(C)cc1C. The second-order valence-electron chi connectivity index (χ2n) is 4.34. The van der Waals surface area contributed by atoms with E-state index < -0.39 is 0 Å². The Morgan fingerprint density at radius 3 is 2.58 bits per heavy atom. The summed E-state index contributed by atoms with van der Waals surface area (Å²) in [5.41, 5.74) is 2.60. The predicted octanol–water partition coefficient (Wildman–Crippen LogP) is 0.796. The van der Waals surface area contributed by atoms with Gasteiger partial charge in [0.05, 0.1) is 13.2 Å². The Balaban J connectivity index is 2.45. The van der Waals surface area contributed by atoms with Crippen LogP contribution in [0.2, 0.25) is 0 Å². The minimum atomic E-state index is -0.237. The smallest absolute Gasteiger partial charge is 0.251 e. The number of benzene rings is 1. The van der Waals surface area contributed by atoms with Crippen molar-refractivity contribution in [3.05, 3.63) is 34.9 Å². The molecule has 19 heavy (non-hydrogen) atoms. The normalized spacial score (nSPS) is 10.1. The largest absolute Gasteiger partial charge is 0.383 e. The zero-order valence-corrected chi connectivity index (χ0v) is 11.6. The van der Waals surface area contributed by atoms with Crippen LogP contribution in [-0.4, -0.2) is 38.6 Å². The van der Waals surface area contributed by atoms with Crippen LogP contribution in [0.25, 0.3) is 0 Å². The highest BCUT2D eigenvalue weighted by Crippen LogP contribution is 2.09. The summed E-state index contributed by atoms with van der Waals surface area (Å²) in [7, 11) is 1.56. The summed E-state index contributed by atoms with van der Waals surface area (Å²) in [6.45, 7) is 4.71. The Hall–Kier alpha value is -1.88. The molecule has 1 aromatic carbocycles. The molecule has 104 valence electrons. The molecule has 0 fully saturated rings. The molecule has 0 unspecified atom stereocenters. The Labute approximate surface area is 113 Å². The highest BCUT2D eigenvalue weighted by atomic mass is 16.5. The summed E-state index contributed by atoms with van der Waals surface area (Å²) in [5.74, 6) is -0.463. The first kappa shape index (κ1) is 15.2. The first-order chi connectivity index (χ1) is 9.04. The summed E-state index contributed by atoms with van der Waals surface area (Å²) in [6, 6.07) is 5.58. The molecule has 5 heteroatoms. The third-order valence-electron chi connectivity index (χ3n) is 2.66. The van der Waals surface area contributed by atoms with Gasteiger partial charge in [-0.15, -0.1) is 0 Å². The van der Waals surface area contributed by atoms with Crippen LogP contribution in [0.1, 0.15) is 21.5 Å². The lowest BCUT2D eigenvalue weighted by Gasteiger charge is -2.08. The maximum atomic E-state index is 11.9. The number of hydrogen-bond donors (Lipinski definition) is 2. The van der Waals surface area contributed by atoms with Crippen molar-refractivity contribution in [3.63, 3.8) is 0 Å². The summed E-state index contributed by atoms with van der Waals surface area (Å²) in [4.78, 5) is 23.3. The molecule has 0 aliphatic heterocycles. The predicted molar refractivity (Wildman–Crippen MR) is 73.1 cm³/mol. The Bertz CT molecular complexity index is 458. The highest BCUT2D eigenvalue weighted by molar-refractivity contribution is 5.97. The molecule has 0 saturated heterocycles. The van der Waals surface area contributed by atoms with Crippen LogP contribution in [0.15, 0.2) is 18.2 Å². The van der Waals surface area contributed by atoms with Crippen LogP contribution in [0.3, 0.4) is 0 Å². The van der Waals surface area contributed by atoms with Crippen molar-refractivity contribution in [1.29, 1.82) is 0 Å². The summed E-state index contributed by atoms with van der Waals surface area (Å²) >= 11 is 0. The van der Waals surface area contributed by atoms with Crippen LogP contribution in [0, 0.1) is 13.8 Å². The fourth-order valence-electron chi connectivity index (χ4n) is 1.68. The van der Waals surface area contributed by atoms with Crippen LogP contribution >= 0.6 is 0 Å². The highest BCUT2D eigenvalue weighted by Gasteiger charge is 2.10. The van der Waals surface area contributed by atoms with Gasteiger partial charge in [0.15, 0.2) is 0 Å². The van der Waals surface area contributed by atoms with Gasteiger partial charge in [-0.25, -0.2) is 0 Å². The molecule has 1 rings (SSSR count). The average molecular weight is 264 g/mol. The van der Waals surface area contributed by atoms with Gasteiger partial charge in [-0.3, -0.25) is 9.59 Å². The van der Waals surface area contributed by atoms with Crippen LogP contribution in [0.5, 0.6) is 0 Å². The van der Waals surface area contributed by atoms with Crippen molar-refractivity contribution in [2.75, 3.05) is 26.8 Å². The molecule has 0 spiro atoms. The van der Waals surface area contributed by atoms with Gasteiger partial charge < -0.3 is 15.4 Å². The molecule has 0 saturated carbocycles. The number of amides is 2. The zero-order valence-electron chi connectivity index (χ0n) is 11.6. The lowest BCUT2D eigenvalue weighted by atomic mass is 10.1. The Morgan fingerprint density at radius 1 is 1.21 bits per heavy atom. The quantitative estimate of drug-likeness (QED) is 0.747. The van der Waals surface area contributed by atoms with E-state index in [1.54, 1.807) is 13.2 Å². The first-order valence-corrected chi connectivity index (χ1v) is 6.15. The monoisotopic (exact) mass is 264 g/mol. The van der Waals surface area contributed by atoms with Crippen LogP contribution < -0.4 is 10.6 Å². The number of rotatable bonds is 6. The van der Waals surface area contributed by atoms with E-state index in [9.17, 15) is 9.59 Å². The minimum Gasteiger partial charge on any atom is -0.383 e. The molecule has 0 aromatic heterocycles. The van der Waals surface area contributed by atoms with Gasteiger partial charge in [-0.1, -0.05) is 17.7 Å². The summed E-state index contributed by atoms with van der Waals surface area (Å²) < 4.78 is 4.81. The molecule has 1 aromatic rings. The minimum absolute atomic E-state index is 0.0319. The van der Waals surface area contributed by atoms with Gasteiger partial charge >= 0.3 is 0 Å². The van der Waals surface area contributed by atoms with Crippen molar-refractivity contribution >= 4 is 11.8 Å². The van der Waals surface area contributed by atoms with Gasteiger partial charge in [0, 0.05) is 19.2 Å². The lowest BCUT2D eigenvalue weighted by molar-refractivity contribution is -0.120. The number of carbonyl (C=O) groups is 2. The Kier molecular flexibility index (Phi) is 6.02. The van der Waals surface area contributed by atoms with Gasteiger partial charge in [0.25, 0.3) is 5.91 Å². The fraction of sp³-hybridized carbons (Fsp3) is 0.429. The van der Waals surface area contributed by atoms with Crippen molar-refractivity contribution < 1.29 is 14.3 Å². The number of hydrogen-bond acceptors (Lipinski definition) is 3. The van der Waals surface area contributed by atoms with Crippen LogP contribution in [-0.2, 0) is 9.53 Å². The van der Waals surface area contributed by atoms with Gasteiger partial charge in [-0.2, -0.15) is 0 Å². The molecule has 0 bridgehead atoms. The second kappa shape index (κ2) is 7.53. The molecule has 0 aliphatic carbocycles. The number of ether oxygens (including phenoxy) is 1. The maximum absolute atomic E-state index is 11.9. The van der Waals surface area contributed by atoms with E-state index in [-0.39, 0.29) is 18.4 Å². The van der Waals surface area contributed by atoms with Crippen LogP contribution in [0.4, 0.5) is 0 Å². The average Bonchev–Trinajstić information content (AvgIpc) is 2.36. The first-order valence-electron chi connectivity index (χ1n) is 6.15. The Morgan fingerprint density at radius 2 is 1.95 bits per heavy atom. The van der Waals surface area contributed by atoms with E-state index in [0.717, 1.165) is 11.1 Å². The van der Waals surface area contributed by atoms with Gasteiger partial charge in [0.2, 0.25) is 5.91 Å². The molecule has 2 amide bonds. The molecule has 0 heterocycles. The van der Waals surface area contributed by atoms with E-state index in [0.29, 0.717) is 18.7 Å². The summed E-state index contributed by atoms with van der Waals surface area (Å²) in [6.07, 6.45) is 0. The van der Waals surface area contributed by atoms with Crippen molar-refractivity contribution in [1.82, 2.24) is 10.6 Å². The second-order valence-corrected chi connectivity index (χ2v) is 4.34. The molecule has 0 aliphatic rings. The molecular weight excluding hydrogens is 244 g/mol. The zero-order chi connectivity index (χ0) is 14.3. The standard InChI is InChI=1S/C14H20N2O3/c1-10-4-5-12(11(2)8-10)14(18)16-9-13(17)15-6-7-19-3/h4-5,8H,6-7,9H2,1-3H3,(H,15,17)(H,16,18). The van der Waals surface area contributed by atoms with Crippen molar-refractivity contribution in [2.45, 2.75) is 13.8 Å². The number of aryl methyl sites for hydroxylation is 2. The van der Waals surface area contributed by atoms with E-state index in [1.807, 2.05) is 26.0 Å². The third-order valence-corrected chi connectivity index (χ3v) is 2.66. The number of carbonyl (C=O) groups excluding carboxylic acids is 2. The lowest BCUT2D eigenvalue weighted by Crippen LogP contribution is -2.38. The molecule has 2 N–H and O–H groups in total. The third kappa shape index (κ3) is 5.09. The molecule has 0 radical (unpaired) electrons. The number of nitrogens with one attached hydrogen (secondary N) is 2. The van der Waals surface area contributed by atoms with E-state index in [1.165, 1.54) is 0 Å². The van der Waals surface area contributed by atoms with E-state index in [2.05, 4.69) is 10.6 Å². The molecule has 0 atom stereocenters. The van der Waals surface area contributed by atoms with Crippen molar-refractivity contribution in [2.24, 2.45) is 0 Å².